The van der Waals surface area contributed by atoms with Gasteiger partial charge < -0.3 is 0 Å². The second-order valence-electron chi connectivity index (χ2n) is 7.21. The van der Waals surface area contributed by atoms with E-state index in [4.69, 9.17) is 0 Å². The zero-order valence-electron chi connectivity index (χ0n) is 13.4. The average Bonchev–Trinajstić information content (AvgIpc) is 3.44. The molecule has 0 radical (unpaired) electrons. The molecule has 1 aliphatic heterocycles. The minimum absolute atomic E-state index is 0.0464. The molecule has 2 saturated carbocycles. The van der Waals surface area contributed by atoms with Crippen LogP contribution in [-0.4, -0.2) is 30.6 Å². The standard InChI is InChI=1S/C17H18F3NO3S/c18-17(19,20)12-5-7-13(8-6-12)25(23,24)21-14(10-1-2-10)9-15(22)16(21)11-3-4-11/h5-8,10-11,14,16H,1-4,9H2/t14?,16-/m0/s1. The smallest absolute Gasteiger partial charge is 0.298 e. The van der Waals surface area contributed by atoms with Crippen molar-refractivity contribution in [3.63, 3.8) is 0 Å². The number of nitrogens with zero attached hydrogens (tertiary/aromatic N) is 1. The Bertz CT molecular complexity index is 795. The summed E-state index contributed by atoms with van der Waals surface area (Å²) in [5.41, 5.74) is -0.888. The lowest BCUT2D eigenvalue weighted by Gasteiger charge is -2.28. The van der Waals surface area contributed by atoms with Gasteiger partial charge in [-0.1, -0.05) is 0 Å². The van der Waals surface area contributed by atoms with Gasteiger partial charge in [0.2, 0.25) is 10.0 Å². The number of hydrogen-bond acceptors (Lipinski definition) is 3. The first-order valence-corrected chi connectivity index (χ1v) is 9.87. The van der Waals surface area contributed by atoms with Gasteiger partial charge in [-0.2, -0.15) is 17.5 Å². The van der Waals surface area contributed by atoms with Crippen molar-refractivity contribution < 1.29 is 26.4 Å². The van der Waals surface area contributed by atoms with Crippen molar-refractivity contribution in [3.8, 4) is 0 Å². The van der Waals surface area contributed by atoms with Gasteiger partial charge in [-0.25, -0.2) is 8.42 Å². The van der Waals surface area contributed by atoms with Crippen LogP contribution >= 0.6 is 0 Å². The summed E-state index contributed by atoms with van der Waals surface area (Å²) in [5.74, 6) is 0.201. The molecule has 1 aromatic rings. The Hall–Kier alpha value is -1.41. The van der Waals surface area contributed by atoms with E-state index < -0.39 is 27.8 Å². The van der Waals surface area contributed by atoms with Crippen LogP contribution in [0.1, 0.15) is 37.7 Å². The summed E-state index contributed by atoms with van der Waals surface area (Å²) in [6, 6.07) is 2.57. The van der Waals surface area contributed by atoms with Gasteiger partial charge in [-0.15, -0.1) is 0 Å². The van der Waals surface area contributed by atoms with Crippen LogP contribution in [0.4, 0.5) is 13.2 Å². The van der Waals surface area contributed by atoms with Gasteiger partial charge in [0.15, 0.2) is 5.78 Å². The maximum atomic E-state index is 13.1. The molecular weight excluding hydrogens is 355 g/mol. The number of benzene rings is 1. The molecule has 8 heteroatoms. The number of carbonyl (C=O) groups is 1. The van der Waals surface area contributed by atoms with Gasteiger partial charge in [0.1, 0.15) is 0 Å². The van der Waals surface area contributed by atoms with Gasteiger partial charge in [-0.3, -0.25) is 4.79 Å². The normalized spacial score (nSPS) is 28.5. The largest absolute Gasteiger partial charge is 0.416 e. The topological polar surface area (TPSA) is 54.5 Å². The summed E-state index contributed by atoms with van der Waals surface area (Å²) in [4.78, 5) is 12.2. The monoisotopic (exact) mass is 373 g/mol. The molecule has 0 amide bonds. The third-order valence-electron chi connectivity index (χ3n) is 5.33. The van der Waals surface area contributed by atoms with Crippen LogP contribution in [0, 0.1) is 11.8 Å². The summed E-state index contributed by atoms with van der Waals surface area (Å²) in [7, 11) is -4.00. The van der Waals surface area contributed by atoms with Crippen LogP contribution in [0.15, 0.2) is 29.2 Å². The first-order valence-electron chi connectivity index (χ1n) is 8.43. The molecule has 0 spiro atoms. The Morgan fingerprint density at radius 3 is 2.00 bits per heavy atom. The van der Waals surface area contributed by atoms with Crippen LogP contribution in [0.5, 0.6) is 0 Å². The molecule has 4 rings (SSSR count). The zero-order chi connectivity index (χ0) is 18.0. The highest BCUT2D eigenvalue weighted by atomic mass is 32.2. The highest BCUT2D eigenvalue weighted by molar-refractivity contribution is 7.89. The molecule has 0 bridgehead atoms. The molecular formula is C17H18F3NO3S. The van der Waals surface area contributed by atoms with Crippen molar-refractivity contribution >= 4 is 15.8 Å². The lowest BCUT2D eigenvalue weighted by molar-refractivity contribution is -0.137. The van der Waals surface area contributed by atoms with E-state index in [0.29, 0.717) is 0 Å². The Kier molecular flexibility index (Phi) is 3.77. The minimum atomic E-state index is -4.51. The quantitative estimate of drug-likeness (QED) is 0.814. The Labute approximate surface area is 144 Å². The zero-order valence-corrected chi connectivity index (χ0v) is 14.2. The van der Waals surface area contributed by atoms with E-state index in [1.807, 2.05) is 0 Å². The highest BCUT2D eigenvalue weighted by Gasteiger charge is 2.56. The fraction of sp³-hybridized carbons (Fsp3) is 0.588. The van der Waals surface area contributed by atoms with Gasteiger partial charge in [-0.05, 0) is 61.8 Å². The number of ketones is 1. The summed E-state index contributed by atoms with van der Waals surface area (Å²) < 4.78 is 65.7. The predicted molar refractivity (Wildman–Crippen MR) is 83.1 cm³/mol. The van der Waals surface area contributed by atoms with Crippen LogP contribution in [0.3, 0.4) is 0 Å². The molecule has 4 nitrogen and oxygen atoms in total. The average molecular weight is 373 g/mol. The summed E-state index contributed by atoms with van der Waals surface area (Å²) in [6.45, 7) is 0. The molecule has 1 saturated heterocycles. The minimum Gasteiger partial charge on any atom is -0.298 e. The van der Waals surface area contributed by atoms with Crippen molar-refractivity contribution in [2.75, 3.05) is 0 Å². The molecule has 2 atom stereocenters. The fourth-order valence-corrected chi connectivity index (χ4v) is 5.68. The Morgan fingerprint density at radius 1 is 0.960 bits per heavy atom. The number of carbonyl (C=O) groups excluding carboxylic acids is 1. The maximum Gasteiger partial charge on any atom is 0.416 e. The van der Waals surface area contributed by atoms with E-state index in [1.165, 1.54) is 4.31 Å². The van der Waals surface area contributed by atoms with E-state index in [2.05, 4.69) is 0 Å². The van der Waals surface area contributed by atoms with Gasteiger partial charge in [0.25, 0.3) is 0 Å². The summed E-state index contributed by atoms with van der Waals surface area (Å²) in [5, 5.41) is 0. The number of Topliss-reactive ketones (excluding diaryl/α,β-unsaturated/α-hetero) is 1. The molecule has 1 heterocycles. The predicted octanol–water partition coefficient (Wildman–Crippen LogP) is 3.23. The van der Waals surface area contributed by atoms with Crippen molar-refractivity contribution in [1.29, 1.82) is 0 Å². The third-order valence-corrected chi connectivity index (χ3v) is 7.25. The summed E-state index contributed by atoms with van der Waals surface area (Å²) in [6.07, 6.45) is -0.840. The van der Waals surface area contributed by atoms with E-state index in [1.54, 1.807) is 0 Å². The first-order chi connectivity index (χ1) is 11.7. The Balaban J connectivity index is 1.70. The fourth-order valence-electron chi connectivity index (χ4n) is 3.77. The van der Waals surface area contributed by atoms with Crippen LogP contribution in [0.25, 0.3) is 0 Å². The second kappa shape index (κ2) is 5.54. The number of rotatable bonds is 4. The lowest BCUT2D eigenvalue weighted by Crippen LogP contribution is -2.44. The summed E-state index contributed by atoms with van der Waals surface area (Å²) >= 11 is 0. The van der Waals surface area contributed by atoms with E-state index >= 15 is 0 Å². The third kappa shape index (κ3) is 2.99. The molecule has 2 aliphatic carbocycles. The molecule has 3 fully saturated rings. The van der Waals surface area contributed by atoms with Crippen LogP contribution < -0.4 is 0 Å². The number of halogens is 3. The van der Waals surface area contributed by atoms with Crippen LogP contribution in [0.2, 0.25) is 0 Å². The van der Waals surface area contributed by atoms with Crippen molar-refractivity contribution in [3.05, 3.63) is 29.8 Å². The number of alkyl halides is 3. The molecule has 25 heavy (non-hydrogen) atoms. The van der Waals surface area contributed by atoms with Gasteiger partial charge in [0.05, 0.1) is 16.5 Å². The number of hydrogen-bond donors (Lipinski definition) is 0. The van der Waals surface area contributed by atoms with Crippen LogP contribution in [-0.2, 0) is 21.0 Å². The Morgan fingerprint density at radius 2 is 1.52 bits per heavy atom. The molecule has 136 valence electrons. The molecule has 1 aromatic carbocycles. The van der Waals surface area contributed by atoms with E-state index in [9.17, 15) is 26.4 Å². The maximum absolute atomic E-state index is 13.1. The van der Waals surface area contributed by atoms with Crippen molar-refractivity contribution in [2.24, 2.45) is 11.8 Å². The van der Waals surface area contributed by atoms with E-state index in [-0.39, 0.29) is 35.0 Å². The molecule has 0 N–H and O–H groups in total. The number of sulfonamides is 1. The second-order valence-corrected chi connectivity index (χ2v) is 9.06. The first kappa shape index (κ1) is 17.0. The lowest BCUT2D eigenvalue weighted by atomic mass is 10.1. The SMILES string of the molecule is O=C1CC(C2CC2)N(S(=O)(=O)c2ccc(C(F)(F)F)cc2)[C@H]1C1CC1. The van der Waals surface area contributed by atoms with Gasteiger partial charge in [0, 0.05) is 12.5 Å². The molecule has 3 aliphatic rings. The molecule has 1 unspecified atom stereocenters. The highest BCUT2D eigenvalue weighted by Crippen LogP contribution is 2.48. The molecule has 0 aromatic heterocycles. The van der Waals surface area contributed by atoms with Crippen molar-refractivity contribution in [1.82, 2.24) is 4.31 Å². The van der Waals surface area contributed by atoms with Crippen molar-refractivity contribution in [2.45, 2.75) is 55.3 Å². The van der Waals surface area contributed by atoms with Gasteiger partial charge >= 0.3 is 6.18 Å². The van der Waals surface area contributed by atoms with E-state index in [0.717, 1.165) is 49.9 Å².